The number of nitrogens with one attached hydrogen (secondary N) is 1. The number of carbonyl (C=O) groups excluding carboxylic acids is 2. The third-order valence-corrected chi connectivity index (χ3v) is 5.72. The van der Waals surface area contributed by atoms with Crippen molar-refractivity contribution in [1.29, 1.82) is 0 Å². The van der Waals surface area contributed by atoms with Gasteiger partial charge in [0.2, 0.25) is 0 Å². The summed E-state index contributed by atoms with van der Waals surface area (Å²) in [7, 11) is 0. The van der Waals surface area contributed by atoms with E-state index in [1.807, 2.05) is 25.1 Å². The van der Waals surface area contributed by atoms with Crippen molar-refractivity contribution in [1.82, 2.24) is 14.8 Å². The van der Waals surface area contributed by atoms with Crippen LogP contribution in [0, 0.1) is 0 Å². The summed E-state index contributed by atoms with van der Waals surface area (Å²) in [5, 5.41) is 20.6. The zero-order valence-electron chi connectivity index (χ0n) is 17.0. The first-order chi connectivity index (χ1) is 14.9. The molecule has 3 aromatic rings. The van der Waals surface area contributed by atoms with E-state index in [-0.39, 0.29) is 17.5 Å². The van der Waals surface area contributed by atoms with Gasteiger partial charge in [0, 0.05) is 48.4 Å². The van der Waals surface area contributed by atoms with Crippen LogP contribution in [0.25, 0.3) is 10.9 Å². The maximum absolute atomic E-state index is 13.1. The van der Waals surface area contributed by atoms with Gasteiger partial charge < -0.3 is 25.0 Å². The molecule has 160 valence electrons. The molecule has 4 rings (SSSR count). The number of hydrogen-bond acceptors (Lipinski definition) is 4. The number of aromatic carboxylic acids is 1. The minimum Gasteiger partial charge on any atom is -0.478 e. The predicted octanol–water partition coefficient (Wildman–Crippen LogP) is 2.27. The van der Waals surface area contributed by atoms with Crippen LogP contribution in [0.15, 0.2) is 54.7 Å². The molecule has 31 heavy (non-hydrogen) atoms. The molecule has 2 atom stereocenters. The Bertz CT molecular complexity index is 1140. The lowest BCUT2D eigenvalue weighted by Gasteiger charge is -2.40. The number of carboxylic acids is 1. The van der Waals surface area contributed by atoms with Crippen molar-refractivity contribution in [3.05, 3.63) is 71.4 Å². The highest BCUT2D eigenvalue weighted by atomic mass is 16.4. The van der Waals surface area contributed by atoms with E-state index in [1.54, 1.807) is 34.1 Å². The van der Waals surface area contributed by atoms with Crippen LogP contribution in [-0.4, -0.2) is 68.5 Å². The molecule has 8 nitrogen and oxygen atoms in total. The maximum atomic E-state index is 13.1. The van der Waals surface area contributed by atoms with Crippen LogP contribution in [0.1, 0.15) is 39.3 Å². The summed E-state index contributed by atoms with van der Waals surface area (Å²) < 4.78 is 0. The number of fused-ring (bicyclic) bond motifs is 1. The molecule has 1 unspecified atom stereocenters. The lowest BCUT2D eigenvalue weighted by molar-refractivity contribution is -0.144. The van der Waals surface area contributed by atoms with Crippen LogP contribution >= 0.6 is 0 Å². The largest absolute Gasteiger partial charge is 0.478 e. The number of aromatic amines is 1. The Morgan fingerprint density at radius 3 is 2.48 bits per heavy atom. The molecule has 1 saturated heterocycles. The van der Waals surface area contributed by atoms with Crippen LogP contribution in [0.5, 0.6) is 0 Å². The summed E-state index contributed by atoms with van der Waals surface area (Å²) in [6.45, 7) is 2.88. The van der Waals surface area contributed by atoms with Crippen molar-refractivity contribution in [3.63, 3.8) is 0 Å². The summed E-state index contributed by atoms with van der Waals surface area (Å²) in [5.41, 5.74) is 1.37. The quantitative estimate of drug-likeness (QED) is 0.598. The Morgan fingerprint density at radius 1 is 1.06 bits per heavy atom. The van der Waals surface area contributed by atoms with Crippen LogP contribution in [-0.2, 0) is 4.79 Å². The fourth-order valence-corrected chi connectivity index (χ4v) is 4.10. The Hall–Kier alpha value is -3.65. The van der Waals surface area contributed by atoms with E-state index in [0.29, 0.717) is 41.7 Å². The second-order valence-corrected chi connectivity index (χ2v) is 7.68. The van der Waals surface area contributed by atoms with E-state index in [4.69, 9.17) is 0 Å². The molecule has 1 aliphatic heterocycles. The molecule has 3 N–H and O–H groups in total. The maximum Gasteiger partial charge on any atom is 0.337 e. The van der Waals surface area contributed by atoms with E-state index in [2.05, 4.69) is 4.98 Å². The van der Waals surface area contributed by atoms with Gasteiger partial charge in [-0.2, -0.15) is 0 Å². The van der Waals surface area contributed by atoms with E-state index < -0.39 is 18.0 Å². The highest BCUT2D eigenvalue weighted by Crippen LogP contribution is 2.29. The molecule has 8 heteroatoms. The lowest BCUT2D eigenvalue weighted by Crippen LogP contribution is -2.56. The molecule has 2 heterocycles. The number of para-hydroxylation sites is 1. The monoisotopic (exact) mass is 421 g/mol. The minimum absolute atomic E-state index is 0.0739. The number of carboxylic acid groups (broad SMARTS) is 1. The number of rotatable bonds is 4. The van der Waals surface area contributed by atoms with Crippen molar-refractivity contribution in [2.24, 2.45) is 0 Å². The van der Waals surface area contributed by atoms with E-state index in [1.165, 1.54) is 12.3 Å². The average Bonchev–Trinajstić information content (AvgIpc) is 3.22. The highest BCUT2D eigenvalue weighted by Gasteiger charge is 2.34. The Morgan fingerprint density at radius 2 is 1.81 bits per heavy atom. The molecule has 2 amide bonds. The first-order valence-electron chi connectivity index (χ1n) is 10.0. The third kappa shape index (κ3) is 3.77. The van der Waals surface area contributed by atoms with Gasteiger partial charge in [-0.25, -0.2) is 4.79 Å². The number of benzene rings is 2. The molecule has 1 aliphatic rings. The first-order valence-corrected chi connectivity index (χ1v) is 10.0. The summed E-state index contributed by atoms with van der Waals surface area (Å²) in [6.07, 6.45) is 0.0381. The van der Waals surface area contributed by atoms with Gasteiger partial charge in [-0.05, 0) is 25.1 Å². The smallest absolute Gasteiger partial charge is 0.337 e. The Balaban J connectivity index is 1.50. The normalized spacial score (nSPS) is 17.5. The number of piperazine rings is 1. The molecule has 2 aromatic carbocycles. The van der Waals surface area contributed by atoms with Crippen molar-refractivity contribution < 1.29 is 24.6 Å². The van der Waals surface area contributed by atoms with Gasteiger partial charge in [-0.3, -0.25) is 9.59 Å². The van der Waals surface area contributed by atoms with Crippen molar-refractivity contribution in [2.45, 2.75) is 19.1 Å². The zero-order chi connectivity index (χ0) is 22.1. The second kappa shape index (κ2) is 8.23. The van der Waals surface area contributed by atoms with Crippen LogP contribution in [0.3, 0.4) is 0 Å². The van der Waals surface area contributed by atoms with Crippen LogP contribution < -0.4 is 0 Å². The molecule has 0 radical (unpaired) electrons. The molecule has 1 aromatic heterocycles. The molecular formula is C23H23N3O5. The van der Waals surface area contributed by atoms with Gasteiger partial charge >= 0.3 is 5.97 Å². The fraction of sp³-hybridized carbons (Fsp3) is 0.261. The van der Waals surface area contributed by atoms with Crippen molar-refractivity contribution in [2.75, 3.05) is 19.6 Å². The number of aliphatic hydroxyl groups excluding tert-OH is 1. The molecule has 0 spiro atoms. The summed E-state index contributed by atoms with van der Waals surface area (Å²) in [6, 6.07) is 13.4. The van der Waals surface area contributed by atoms with Crippen LogP contribution in [0.4, 0.5) is 0 Å². The van der Waals surface area contributed by atoms with E-state index in [0.717, 1.165) is 0 Å². The number of nitrogens with zero attached hydrogens (tertiary/aromatic N) is 2. The molecule has 0 bridgehead atoms. The van der Waals surface area contributed by atoms with Gasteiger partial charge in [-0.15, -0.1) is 0 Å². The first kappa shape index (κ1) is 20.6. The highest BCUT2D eigenvalue weighted by molar-refractivity contribution is 6.04. The van der Waals surface area contributed by atoms with E-state index in [9.17, 15) is 24.6 Å². The van der Waals surface area contributed by atoms with E-state index >= 15 is 0 Å². The average molecular weight is 421 g/mol. The van der Waals surface area contributed by atoms with Gasteiger partial charge in [-0.1, -0.05) is 30.3 Å². The number of H-pyrrole nitrogens is 1. The fourth-order valence-electron chi connectivity index (χ4n) is 4.10. The second-order valence-electron chi connectivity index (χ2n) is 7.68. The SMILES string of the molecule is C[C@@H]1CN(C(=O)c2ccccc2)CCN1C(=O)C(O)c1c[nH]c2c(C(=O)O)cccc12. The zero-order valence-corrected chi connectivity index (χ0v) is 17.0. The number of amides is 2. The van der Waals surface area contributed by atoms with Crippen LogP contribution in [0.2, 0.25) is 0 Å². The number of carbonyl (C=O) groups is 3. The number of hydrogen-bond donors (Lipinski definition) is 3. The van der Waals surface area contributed by atoms with Gasteiger partial charge in [0.25, 0.3) is 11.8 Å². The van der Waals surface area contributed by atoms with Gasteiger partial charge in [0.1, 0.15) is 0 Å². The number of aromatic nitrogens is 1. The summed E-state index contributed by atoms with van der Waals surface area (Å²) in [4.78, 5) is 43.3. The molecular weight excluding hydrogens is 398 g/mol. The topological polar surface area (TPSA) is 114 Å². The molecule has 1 fully saturated rings. The van der Waals surface area contributed by atoms with Gasteiger partial charge in [0.15, 0.2) is 6.10 Å². The third-order valence-electron chi connectivity index (χ3n) is 5.72. The number of aliphatic hydroxyl groups is 1. The standard InChI is InChI=1S/C23H23N3O5/c1-14-13-25(21(28)15-6-3-2-4-7-15)10-11-26(14)22(29)20(27)18-12-24-19-16(18)8-5-9-17(19)23(30)31/h2-9,12,14,20,24,27H,10-11,13H2,1H3,(H,30,31)/t14-,20?/m1/s1. The summed E-state index contributed by atoms with van der Waals surface area (Å²) >= 11 is 0. The predicted molar refractivity (Wildman–Crippen MR) is 114 cm³/mol. The Kier molecular flexibility index (Phi) is 5.48. The minimum atomic E-state index is -1.43. The Labute approximate surface area is 178 Å². The van der Waals surface area contributed by atoms with Crippen molar-refractivity contribution >= 4 is 28.7 Å². The van der Waals surface area contributed by atoms with Crippen molar-refractivity contribution in [3.8, 4) is 0 Å². The lowest BCUT2D eigenvalue weighted by atomic mass is 10.0. The molecule has 0 aliphatic carbocycles. The summed E-state index contributed by atoms with van der Waals surface area (Å²) in [5.74, 6) is -1.65. The molecule has 0 saturated carbocycles. The van der Waals surface area contributed by atoms with Gasteiger partial charge in [0.05, 0.1) is 11.1 Å².